The number of carbonyl (C=O) groups excluding carboxylic acids is 1. The molecule has 1 aromatic heterocycles. The fourth-order valence-electron chi connectivity index (χ4n) is 3.22. The lowest BCUT2D eigenvalue weighted by molar-refractivity contribution is -0.122. The third-order valence-corrected chi connectivity index (χ3v) is 5.74. The van der Waals surface area contributed by atoms with Gasteiger partial charge in [0.05, 0.1) is 5.54 Å². The molecule has 1 fully saturated rings. The van der Waals surface area contributed by atoms with E-state index in [-0.39, 0.29) is 18.0 Å². The van der Waals surface area contributed by atoms with E-state index in [2.05, 4.69) is 43.6 Å². The van der Waals surface area contributed by atoms with Crippen LogP contribution in [0.1, 0.15) is 24.0 Å². The van der Waals surface area contributed by atoms with Crippen molar-refractivity contribution in [2.75, 3.05) is 0 Å². The topological polar surface area (TPSA) is 62.7 Å². The van der Waals surface area contributed by atoms with Crippen LogP contribution in [0, 0.1) is 11.7 Å². The Kier molecular flexibility index (Phi) is 4.74. The number of rotatable bonds is 5. The summed E-state index contributed by atoms with van der Waals surface area (Å²) >= 11 is 8.79. The highest BCUT2D eigenvalue weighted by Crippen LogP contribution is 2.45. The second-order valence-electron chi connectivity index (χ2n) is 6.94. The number of hydrogen-bond donors (Lipinski definition) is 2. The van der Waals surface area contributed by atoms with Crippen LogP contribution in [0.25, 0.3) is 11.4 Å². The molecule has 0 spiro atoms. The van der Waals surface area contributed by atoms with E-state index in [1.807, 2.05) is 43.3 Å². The summed E-state index contributed by atoms with van der Waals surface area (Å²) < 4.78 is 3.21. The molecule has 0 radical (unpaired) electrons. The number of halogens is 1. The molecular formula is C20H19BrN4OS. The molecule has 27 heavy (non-hydrogen) atoms. The van der Waals surface area contributed by atoms with Gasteiger partial charge >= 0.3 is 0 Å². The maximum atomic E-state index is 12.8. The molecule has 3 aromatic rings. The van der Waals surface area contributed by atoms with Crippen molar-refractivity contribution in [2.45, 2.75) is 31.8 Å². The second-order valence-corrected chi connectivity index (χ2v) is 8.24. The van der Waals surface area contributed by atoms with Crippen molar-refractivity contribution in [1.82, 2.24) is 20.1 Å². The normalized spacial score (nSPS) is 14.7. The largest absolute Gasteiger partial charge is 0.345 e. The molecule has 0 saturated heterocycles. The summed E-state index contributed by atoms with van der Waals surface area (Å²) in [7, 11) is 0. The zero-order chi connectivity index (χ0) is 19.0. The quantitative estimate of drug-likeness (QED) is 0.572. The van der Waals surface area contributed by atoms with E-state index in [4.69, 9.17) is 12.2 Å². The molecule has 1 amide bonds. The SMILES string of the molecule is Cc1ccc(-c2n[nH]c(=S)n2CC(=O)NC2(c3ccc(Br)cc3)CC2)cc1. The Morgan fingerprint density at radius 1 is 1.22 bits per heavy atom. The Balaban J connectivity index is 1.54. The lowest BCUT2D eigenvalue weighted by atomic mass is 10.1. The van der Waals surface area contributed by atoms with Gasteiger partial charge in [0, 0.05) is 10.0 Å². The second kappa shape index (κ2) is 7.05. The van der Waals surface area contributed by atoms with Gasteiger partial charge in [-0.15, -0.1) is 0 Å². The van der Waals surface area contributed by atoms with E-state index in [9.17, 15) is 4.79 Å². The number of benzene rings is 2. The van der Waals surface area contributed by atoms with E-state index < -0.39 is 0 Å². The van der Waals surface area contributed by atoms with Crippen LogP contribution in [0.4, 0.5) is 0 Å². The first-order chi connectivity index (χ1) is 13.0. The minimum absolute atomic E-state index is 0.0683. The molecule has 0 aliphatic heterocycles. The smallest absolute Gasteiger partial charge is 0.240 e. The van der Waals surface area contributed by atoms with Crippen molar-refractivity contribution in [3.8, 4) is 11.4 Å². The van der Waals surface area contributed by atoms with Gasteiger partial charge in [0.25, 0.3) is 0 Å². The minimum Gasteiger partial charge on any atom is -0.345 e. The number of aryl methyl sites for hydroxylation is 1. The molecule has 1 saturated carbocycles. The summed E-state index contributed by atoms with van der Waals surface area (Å²) in [6, 6.07) is 16.1. The molecule has 0 atom stereocenters. The van der Waals surface area contributed by atoms with Crippen molar-refractivity contribution in [3.63, 3.8) is 0 Å². The predicted octanol–water partition coefficient (Wildman–Crippen LogP) is 4.48. The van der Waals surface area contributed by atoms with Gasteiger partial charge in [-0.1, -0.05) is 57.9 Å². The molecule has 1 heterocycles. The summed E-state index contributed by atoms with van der Waals surface area (Å²) in [6.07, 6.45) is 1.89. The molecule has 0 unspecified atom stereocenters. The molecular weight excluding hydrogens is 424 g/mol. The first-order valence-electron chi connectivity index (χ1n) is 8.76. The van der Waals surface area contributed by atoms with Crippen molar-refractivity contribution < 1.29 is 4.79 Å². The van der Waals surface area contributed by atoms with Crippen LogP contribution in [-0.2, 0) is 16.9 Å². The first-order valence-corrected chi connectivity index (χ1v) is 9.96. The Hall–Kier alpha value is -2.25. The Labute approximate surface area is 170 Å². The van der Waals surface area contributed by atoms with Gasteiger partial charge in [-0.05, 0) is 49.7 Å². The number of H-pyrrole nitrogens is 1. The zero-order valence-corrected chi connectivity index (χ0v) is 17.2. The molecule has 0 bridgehead atoms. The van der Waals surface area contributed by atoms with Crippen LogP contribution in [0.5, 0.6) is 0 Å². The van der Waals surface area contributed by atoms with E-state index in [1.165, 1.54) is 5.56 Å². The van der Waals surface area contributed by atoms with Crippen LogP contribution >= 0.6 is 28.1 Å². The summed E-state index contributed by atoms with van der Waals surface area (Å²) in [5.74, 6) is 0.602. The maximum absolute atomic E-state index is 12.8. The molecule has 2 N–H and O–H groups in total. The van der Waals surface area contributed by atoms with Gasteiger partial charge in [-0.25, -0.2) is 0 Å². The van der Waals surface area contributed by atoms with Crippen molar-refractivity contribution in [1.29, 1.82) is 0 Å². The predicted molar refractivity (Wildman–Crippen MR) is 111 cm³/mol. The van der Waals surface area contributed by atoms with Crippen LogP contribution in [0.2, 0.25) is 0 Å². The fraction of sp³-hybridized carbons (Fsp3) is 0.250. The molecule has 138 valence electrons. The van der Waals surface area contributed by atoms with Gasteiger partial charge in [-0.3, -0.25) is 14.5 Å². The van der Waals surface area contributed by atoms with Gasteiger partial charge in [-0.2, -0.15) is 5.10 Å². The lowest BCUT2D eigenvalue weighted by Gasteiger charge is -2.18. The molecule has 4 rings (SSSR count). The van der Waals surface area contributed by atoms with E-state index in [1.54, 1.807) is 4.57 Å². The van der Waals surface area contributed by atoms with E-state index >= 15 is 0 Å². The van der Waals surface area contributed by atoms with Crippen molar-refractivity contribution in [3.05, 3.63) is 68.9 Å². The number of carbonyl (C=O) groups is 1. The summed E-state index contributed by atoms with van der Waals surface area (Å²) in [6.45, 7) is 2.17. The number of nitrogens with zero attached hydrogens (tertiary/aromatic N) is 2. The lowest BCUT2D eigenvalue weighted by Crippen LogP contribution is -2.37. The number of amides is 1. The van der Waals surface area contributed by atoms with Crippen LogP contribution in [0.3, 0.4) is 0 Å². The molecule has 7 heteroatoms. The van der Waals surface area contributed by atoms with E-state index in [0.29, 0.717) is 10.6 Å². The Morgan fingerprint density at radius 2 is 1.89 bits per heavy atom. The average Bonchev–Trinajstić information content (AvgIpc) is 3.34. The zero-order valence-electron chi connectivity index (χ0n) is 14.8. The number of aromatic nitrogens is 3. The molecule has 5 nitrogen and oxygen atoms in total. The molecule has 2 aromatic carbocycles. The number of nitrogens with one attached hydrogen (secondary N) is 2. The summed E-state index contributed by atoms with van der Waals surface area (Å²) in [5, 5.41) is 10.3. The van der Waals surface area contributed by atoms with Crippen LogP contribution in [-0.4, -0.2) is 20.7 Å². The fourth-order valence-corrected chi connectivity index (χ4v) is 3.68. The van der Waals surface area contributed by atoms with Gasteiger partial charge in [0.1, 0.15) is 6.54 Å². The van der Waals surface area contributed by atoms with Gasteiger partial charge in [0.2, 0.25) is 5.91 Å². The highest BCUT2D eigenvalue weighted by molar-refractivity contribution is 9.10. The average molecular weight is 443 g/mol. The number of aromatic amines is 1. The van der Waals surface area contributed by atoms with Crippen molar-refractivity contribution >= 4 is 34.1 Å². The van der Waals surface area contributed by atoms with Crippen LogP contribution in [0.15, 0.2) is 53.0 Å². The summed E-state index contributed by atoms with van der Waals surface area (Å²) in [4.78, 5) is 12.8. The van der Waals surface area contributed by atoms with E-state index in [0.717, 1.165) is 28.4 Å². The van der Waals surface area contributed by atoms with Crippen molar-refractivity contribution in [2.24, 2.45) is 0 Å². The number of hydrogen-bond acceptors (Lipinski definition) is 3. The highest BCUT2D eigenvalue weighted by atomic mass is 79.9. The molecule has 1 aliphatic carbocycles. The third kappa shape index (κ3) is 3.75. The standard InChI is InChI=1S/C20H19BrN4OS/c1-13-2-4-14(5-3-13)18-23-24-19(27)25(18)12-17(26)22-20(10-11-20)15-6-8-16(21)9-7-15/h2-9H,10-12H2,1H3,(H,22,26)(H,24,27). The third-order valence-electron chi connectivity index (χ3n) is 4.90. The van der Waals surface area contributed by atoms with Gasteiger partial charge in [0.15, 0.2) is 10.6 Å². The summed E-state index contributed by atoms with van der Waals surface area (Å²) in [5.41, 5.74) is 2.97. The highest BCUT2D eigenvalue weighted by Gasteiger charge is 2.45. The minimum atomic E-state index is -0.256. The van der Waals surface area contributed by atoms with Crippen LogP contribution < -0.4 is 5.32 Å². The first kappa shape index (κ1) is 18.1. The molecule has 1 aliphatic rings. The maximum Gasteiger partial charge on any atom is 0.240 e. The Morgan fingerprint density at radius 3 is 2.52 bits per heavy atom. The van der Waals surface area contributed by atoms with Gasteiger partial charge < -0.3 is 5.32 Å². The Bertz CT molecular complexity index is 1030. The monoisotopic (exact) mass is 442 g/mol.